The Morgan fingerprint density at radius 2 is 1.63 bits per heavy atom. The largest absolute Gasteiger partial charge is 0.328 e. The third-order valence-corrected chi connectivity index (χ3v) is 4.83. The molecule has 0 aromatic heterocycles. The number of rotatable bonds is 5. The first-order chi connectivity index (χ1) is 8.58. The Balaban J connectivity index is 3.00. The lowest BCUT2D eigenvalue weighted by atomic mass is 9.94. The highest BCUT2D eigenvalue weighted by Crippen LogP contribution is 2.23. The van der Waals surface area contributed by atoms with Crippen molar-refractivity contribution < 1.29 is 8.42 Å². The van der Waals surface area contributed by atoms with E-state index in [2.05, 4.69) is 4.72 Å². The highest BCUT2D eigenvalue weighted by atomic mass is 32.2. The lowest BCUT2D eigenvalue weighted by molar-refractivity contribution is 0.419. The molecule has 0 aliphatic rings. The second-order valence-electron chi connectivity index (χ2n) is 6.32. The van der Waals surface area contributed by atoms with Gasteiger partial charge in [0.15, 0.2) is 0 Å². The molecule has 0 saturated carbocycles. The number of nitrogens with two attached hydrogens (primary N) is 1. The van der Waals surface area contributed by atoms with Crippen LogP contribution in [0.5, 0.6) is 0 Å². The maximum absolute atomic E-state index is 12.2. The van der Waals surface area contributed by atoms with Gasteiger partial charge in [-0.15, -0.1) is 0 Å². The van der Waals surface area contributed by atoms with E-state index in [9.17, 15) is 8.42 Å². The minimum atomic E-state index is -3.39. The molecule has 0 bridgehead atoms. The van der Waals surface area contributed by atoms with Crippen molar-refractivity contribution in [3.05, 3.63) is 35.9 Å². The summed E-state index contributed by atoms with van der Waals surface area (Å²) in [5.41, 5.74) is 5.59. The summed E-state index contributed by atoms with van der Waals surface area (Å²) in [5.74, 6) is 0.0718. The van der Waals surface area contributed by atoms with Crippen molar-refractivity contribution in [3.63, 3.8) is 0 Å². The van der Waals surface area contributed by atoms with Crippen molar-refractivity contribution in [3.8, 4) is 0 Å². The molecule has 0 saturated heterocycles. The van der Waals surface area contributed by atoms with Crippen LogP contribution < -0.4 is 10.5 Å². The molecule has 1 aromatic carbocycles. The Labute approximate surface area is 116 Å². The van der Waals surface area contributed by atoms with Crippen LogP contribution in [-0.2, 0) is 15.6 Å². The van der Waals surface area contributed by atoms with Gasteiger partial charge in [-0.25, -0.2) is 13.1 Å². The van der Waals surface area contributed by atoms with Crippen molar-refractivity contribution in [2.45, 2.75) is 33.2 Å². The third-order valence-electron chi connectivity index (χ3n) is 2.82. The molecule has 5 heteroatoms. The van der Waals surface area contributed by atoms with Crippen LogP contribution >= 0.6 is 0 Å². The molecule has 0 amide bonds. The van der Waals surface area contributed by atoms with Gasteiger partial charge >= 0.3 is 0 Å². The molecular weight excluding hydrogens is 260 g/mol. The van der Waals surface area contributed by atoms with Crippen LogP contribution in [0, 0.1) is 5.41 Å². The summed E-state index contributed by atoms with van der Waals surface area (Å²) in [6, 6.07) is 9.41. The van der Waals surface area contributed by atoms with E-state index in [1.807, 2.05) is 58.0 Å². The zero-order valence-corrected chi connectivity index (χ0v) is 12.9. The monoisotopic (exact) mass is 284 g/mol. The number of sulfonamides is 1. The summed E-state index contributed by atoms with van der Waals surface area (Å²) in [6.07, 6.45) is 0. The van der Waals surface area contributed by atoms with E-state index >= 15 is 0 Å². The molecule has 0 aliphatic heterocycles. The summed E-state index contributed by atoms with van der Waals surface area (Å²) >= 11 is 0. The number of hydrogen-bond acceptors (Lipinski definition) is 3. The fraction of sp³-hybridized carbons (Fsp3) is 0.571. The van der Waals surface area contributed by atoms with Gasteiger partial charge in [-0.1, -0.05) is 51.1 Å². The lowest BCUT2D eigenvalue weighted by Crippen LogP contribution is -2.50. The van der Waals surface area contributed by atoms with Gasteiger partial charge in [-0.3, -0.25) is 0 Å². The summed E-state index contributed by atoms with van der Waals surface area (Å²) in [6.45, 7) is 7.71. The molecule has 1 aromatic rings. The molecule has 19 heavy (non-hydrogen) atoms. The first-order valence-electron chi connectivity index (χ1n) is 6.35. The normalized spacial score (nSPS) is 16.1. The molecule has 1 rings (SSSR count). The quantitative estimate of drug-likeness (QED) is 0.866. The summed E-state index contributed by atoms with van der Waals surface area (Å²) in [4.78, 5) is 0. The van der Waals surface area contributed by atoms with E-state index in [0.29, 0.717) is 0 Å². The van der Waals surface area contributed by atoms with Crippen LogP contribution in [0.1, 0.15) is 33.3 Å². The van der Waals surface area contributed by atoms with Crippen LogP contribution in [0.4, 0.5) is 0 Å². The van der Waals surface area contributed by atoms with Gasteiger partial charge in [0.2, 0.25) is 10.0 Å². The predicted molar refractivity (Wildman–Crippen MR) is 79.2 cm³/mol. The molecule has 0 heterocycles. The van der Waals surface area contributed by atoms with Crippen LogP contribution in [0.3, 0.4) is 0 Å². The Hall–Kier alpha value is -0.910. The molecular formula is C14H24N2O2S. The van der Waals surface area contributed by atoms with Crippen LogP contribution in [0.2, 0.25) is 0 Å². The Bertz CT molecular complexity index is 506. The first kappa shape index (κ1) is 16.1. The first-order valence-corrected chi connectivity index (χ1v) is 8.00. The van der Waals surface area contributed by atoms with E-state index in [1.165, 1.54) is 0 Å². The highest BCUT2D eigenvalue weighted by Gasteiger charge is 2.32. The summed E-state index contributed by atoms with van der Waals surface area (Å²) in [5, 5.41) is 0. The third kappa shape index (κ3) is 4.93. The van der Waals surface area contributed by atoms with Crippen molar-refractivity contribution in [1.29, 1.82) is 0 Å². The Morgan fingerprint density at radius 1 is 1.11 bits per heavy atom. The van der Waals surface area contributed by atoms with Crippen LogP contribution in [-0.4, -0.2) is 20.7 Å². The zero-order chi connectivity index (χ0) is 14.7. The van der Waals surface area contributed by atoms with Crippen LogP contribution in [0.25, 0.3) is 0 Å². The summed E-state index contributed by atoms with van der Waals surface area (Å²) in [7, 11) is -3.39. The minimum Gasteiger partial charge on any atom is -0.328 e. The van der Waals surface area contributed by atoms with E-state index in [4.69, 9.17) is 5.73 Å². The number of hydrogen-bond donors (Lipinski definition) is 2. The Morgan fingerprint density at radius 3 is 2.05 bits per heavy atom. The maximum Gasteiger partial charge on any atom is 0.212 e. The smallest absolute Gasteiger partial charge is 0.212 e. The molecule has 1 atom stereocenters. The van der Waals surface area contributed by atoms with E-state index in [0.717, 1.165) is 5.56 Å². The average Bonchev–Trinajstić information content (AvgIpc) is 2.26. The molecule has 4 nitrogen and oxygen atoms in total. The standard InChI is InChI=1S/C14H24N2O2S/c1-13(2,3)11-19(17,18)16-14(4,10-15)12-8-6-5-7-9-12/h5-9,16H,10-11,15H2,1-4H3. The van der Waals surface area contributed by atoms with Gasteiger partial charge in [0, 0.05) is 6.54 Å². The van der Waals surface area contributed by atoms with E-state index in [-0.39, 0.29) is 17.7 Å². The van der Waals surface area contributed by atoms with Crippen molar-refractivity contribution in [2.24, 2.45) is 11.1 Å². The second-order valence-corrected chi connectivity index (χ2v) is 8.05. The van der Waals surface area contributed by atoms with Crippen molar-refractivity contribution in [2.75, 3.05) is 12.3 Å². The zero-order valence-electron chi connectivity index (χ0n) is 12.1. The summed E-state index contributed by atoms with van der Waals surface area (Å²) < 4.78 is 27.2. The number of nitrogens with one attached hydrogen (secondary N) is 1. The topological polar surface area (TPSA) is 72.2 Å². The van der Waals surface area contributed by atoms with Gasteiger partial charge in [0.05, 0.1) is 11.3 Å². The predicted octanol–water partition coefficient (Wildman–Crippen LogP) is 1.83. The van der Waals surface area contributed by atoms with Crippen molar-refractivity contribution in [1.82, 2.24) is 4.72 Å². The van der Waals surface area contributed by atoms with E-state index in [1.54, 1.807) is 0 Å². The van der Waals surface area contributed by atoms with Gasteiger partial charge in [0.1, 0.15) is 0 Å². The maximum atomic E-state index is 12.2. The van der Waals surface area contributed by atoms with Gasteiger partial charge in [-0.2, -0.15) is 0 Å². The highest BCUT2D eigenvalue weighted by molar-refractivity contribution is 7.89. The SMILES string of the molecule is CC(C)(C)CS(=O)(=O)NC(C)(CN)c1ccccc1. The van der Waals surface area contributed by atoms with Gasteiger partial charge in [-0.05, 0) is 17.9 Å². The van der Waals surface area contributed by atoms with E-state index < -0.39 is 15.6 Å². The second kappa shape index (κ2) is 5.61. The molecule has 0 fully saturated rings. The molecule has 1 unspecified atom stereocenters. The number of benzene rings is 1. The van der Waals surface area contributed by atoms with Crippen molar-refractivity contribution >= 4 is 10.0 Å². The fourth-order valence-corrected chi connectivity index (χ4v) is 4.07. The molecule has 0 aliphatic carbocycles. The average molecular weight is 284 g/mol. The van der Waals surface area contributed by atoms with Crippen LogP contribution in [0.15, 0.2) is 30.3 Å². The molecule has 3 N–H and O–H groups in total. The minimum absolute atomic E-state index is 0.0718. The Kier molecular flexibility index (Phi) is 4.76. The molecule has 0 radical (unpaired) electrons. The fourth-order valence-electron chi connectivity index (χ4n) is 1.97. The van der Waals surface area contributed by atoms with Gasteiger partial charge in [0.25, 0.3) is 0 Å². The lowest BCUT2D eigenvalue weighted by Gasteiger charge is -2.31. The van der Waals surface area contributed by atoms with Gasteiger partial charge < -0.3 is 5.73 Å². The molecule has 0 spiro atoms. The molecule has 108 valence electrons.